The molecule has 78 valence electrons. The summed E-state index contributed by atoms with van der Waals surface area (Å²) in [6.45, 7) is 1.47. The molecule has 0 aromatic carbocycles. The smallest absolute Gasteiger partial charge is 0.0984 e. The fourth-order valence-corrected chi connectivity index (χ4v) is 1.54. The van der Waals surface area contributed by atoms with Crippen LogP contribution in [0.2, 0.25) is 0 Å². The monoisotopic (exact) mass is 189 g/mol. The number of nitrogens with two attached hydrogens (primary N) is 1. The Morgan fingerprint density at radius 3 is 2.62 bits per heavy atom. The van der Waals surface area contributed by atoms with E-state index in [9.17, 15) is 0 Å². The second-order valence-electron chi connectivity index (χ2n) is 3.36. The van der Waals surface area contributed by atoms with Crippen LogP contribution in [0, 0.1) is 0 Å². The van der Waals surface area contributed by atoms with Gasteiger partial charge in [0.15, 0.2) is 0 Å². The Hall–Kier alpha value is -0.160. The van der Waals surface area contributed by atoms with Gasteiger partial charge in [0, 0.05) is 33.5 Å². The summed E-state index contributed by atoms with van der Waals surface area (Å²) >= 11 is 0. The van der Waals surface area contributed by atoms with Crippen molar-refractivity contribution in [1.29, 1.82) is 0 Å². The van der Waals surface area contributed by atoms with Gasteiger partial charge in [-0.3, -0.25) is 0 Å². The highest BCUT2D eigenvalue weighted by molar-refractivity contribution is 4.94. The summed E-state index contributed by atoms with van der Waals surface area (Å²) in [5.74, 6) is 0. The van der Waals surface area contributed by atoms with Gasteiger partial charge in [0.25, 0.3) is 0 Å². The molecule has 1 aliphatic carbocycles. The molecule has 0 bridgehead atoms. The number of hydrogen-bond donors (Lipinski definition) is 1. The fraction of sp³-hybridized carbons (Fsp3) is 1.00. The van der Waals surface area contributed by atoms with Gasteiger partial charge < -0.3 is 19.9 Å². The van der Waals surface area contributed by atoms with E-state index >= 15 is 0 Å². The van der Waals surface area contributed by atoms with E-state index in [0.717, 1.165) is 26.1 Å². The SMILES string of the molecule is COCCCOC1CC(N)C1OC. The molecule has 1 saturated carbocycles. The normalized spacial score (nSPS) is 33.0. The fourth-order valence-electron chi connectivity index (χ4n) is 1.54. The molecular formula is C9H19NO3. The Morgan fingerprint density at radius 2 is 2.08 bits per heavy atom. The molecule has 13 heavy (non-hydrogen) atoms. The molecule has 0 spiro atoms. The summed E-state index contributed by atoms with van der Waals surface area (Å²) in [5, 5.41) is 0. The van der Waals surface area contributed by atoms with Crippen molar-refractivity contribution in [3.8, 4) is 0 Å². The van der Waals surface area contributed by atoms with Gasteiger partial charge in [0.1, 0.15) is 0 Å². The maximum absolute atomic E-state index is 5.72. The van der Waals surface area contributed by atoms with Crippen LogP contribution in [0.25, 0.3) is 0 Å². The predicted octanol–water partition coefficient (Wildman–Crippen LogP) is 0.154. The van der Waals surface area contributed by atoms with Crippen LogP contribution in [0.1, 0.15) is 12.8 Å². The Labute approximate surface area is 79.3 Å². The second-order valence-corrected chi connectivity index (χ2v) is 3.36. The molecule has 0 amide bonds. The molecule has 4 heteroatoms. The Morgan fingerprint density at radius 1 is 1.31 bits per heavy atom. The van der Waals surface area contributed by atoms with Crippen molar-refractivity contribution in [2.24, 2.45) is 5.73 Å². The van der Waals surface area contributed by atoms with Crippen LogP contribution in [0.4, 0.5) is 0 Å². The number of methoxy groups -OCH3 is 2. The van der Waals surface area contributed by atoms with Crippen molar-refractivity contribution in [2.75, 3.05) is 27.4 Å². The lowest BCUT2D eigenvalue weighted by Crippen LogP contribution is -2.57. The van der Waals surface area contributed by atoms with Gasteiger partial charge >= 0.3 is 0 Å². The highest BCUT2D eigenvalue weighted by atomic mass is 16.5. The highest BCUT2D eigenvalue weighted by Gasteiger charge is 2.39. The molecule has 4 nitrogen and oxygen atoms in total. The number of hydrogen-bond acceptors (Lipinski definition) is 4. The van der Waals surface area contributed by atoms with E-state index in [1.54, 1.807) is 14.2 Å². The minimum Gasteiger partial charge on any atom is -0.385 e. The van der Waals surface area contributed by atoms with Crippen molar-refractivity contribution in [2.45, 2.75) is 31.1 Å². The van der Waals surface area contributed by atoms with Crippen LogP contribution in [0.5, 0.6) is 0 Å². The first-order valence-corrected chi connectivity index (χ1v) is 4.68. The van der Waals surface area contributed by atoms with E-state index in [1.165, 1.54) is 0 Å². The van der Waals surface area contributed by atoms with Gasteiger partial charge in [0.05, 0.1) is 12.2 Å². The first kappa shape index (κ1) is 10.9. The zero-order valence-electron chi connectivity index (χ0n) is 8.36. The average Bonchev–Trinajstić information content (AvgIpc) is 2.11. The topological polar surface area (TPSA) is 53.7 Å². The Balaban J connectivity index is 2.03. The number of rotatable bonds is 6. The summed E-state index contributed by atoms with van der Waals surface area (Å²) in [7, 11) is 3.37. The van der Waals surface area contributed by atoms with Gasteiger partial charge in [-0.15, -0.1) is 0 Å². The van der Waals surface area contributed by atoms with E-state index < -0.39 is 0 Å². The minimum atomic E-state index is 0.0857. The molecular weight excluding hydrogens is 170 g/mol. The van der Waals surface area contributed by atoms with Crippen LogP contribution in [0.15, 0.2) is 0 Å². The maximum atomic E-state index is 5.72. The van der Waals surface area contributed by atoms with Crippen molar-refractivity contribution in [3.63, 3.8) is 0 Å². The van der Waals surface area contributed by atoms with Gasteiger partial charge in [0.2, 0.25) is 0 Å². The molecule has 0 aromatic heterocycles. The van der Waals surface area contributed by atoms with E-state index in [4.69, 9.17) is 19.9 Å². The van der Waals surface area contributed by atoms with Crippen molar-refractivity contribution >= 4 is 0 Å². The van der Waals surface area contributed by atoms with Crippen LogP contribution >= 0.6 is 0 Å². The third kappa shape index (κ3) is 2.91. The lowest BCUT2D eigenvalue weighted by Gasteiger charge is -2.40. The molecule has 3 atom stereocenters. The van der Waals surface area contributed by atoms with E-state index in [-0.39, 0.29) is 18.2 Å². The molecule has 2 N–H and O–H groups in total. The second kappa shape index (κ2) is 5.54. The Kier molecular flexibility index (Phi) is 4.66. The van der Waals surface area contributed by atoms with E-state index in [0.29, 0.717) is 0 Å². The molecule has 0 aliphatic heterocycles. The molecule has 0 radical (unpaired) electrons. The molecule has 1 rings (SSSR count). The van der Waals surface area contributed by atoms with Crippen LogP contribution in [-0.2, 0) is 14.2 Å². The molecule has 0 aromatic rings. The van der Waals surface area contributed by atoms with Crippen LogP contribution in [0.3, 0.4) is 0 Å². The predicted molar refractivity (Wildman–Crippen MR) is 49.6 cm³/mol. The zero-order chi connectivity index (χ0) is 9.68. The van der Waals surface area contributed by atoms with Gasteiger partial charge in [-0.1, -0.05) is 0 Å². The quantitative estimate of drug-likeness (QED) is 0.604. The molecule has 0 saturated heterocycles. The number of ether oxygens (including phenoxy) is 3. The molecule has 1 aliphatic rings. The lowest BCUT2D eigenvalue weighted by atomic mass is 9.86. The standard InChI is InChI=1S/C9H19NO3/c1-11-4-3-5-13-8-6-7(10)9(8)12-2/h7-9H,3-6,10H2,1-2H3. The first-order valence-electron chi connectivity index (χ1n) is 4.68. The van der Waals surface area contributed by atoms with Crippen molar-refractivity contribution < 1.29 is 14.2 Å². The summed E-state index contributed by atoms with van der Waals surface area (Å²) < 4.78 is 15.7. The van der Waals surface area contributed by atoms with Gasteiger partial charge in [-0.05, 0) is 12.8 Å². The summed E-state index contributed by atoms with van der Waals surface area (Å²) in [4.78, 5) is 0. The lowest BCUT2D eigenvalue weighted by molar-refractivity contribution is -0.127. The molecule has 1 fully saturated rings. The summed E-state index contributed by atoms with van der Waals surface area (Å²) in [6, 6.07) is 0.150. The van der Waals surface area contributed by atoms with E-state index in [1.807, 2.05) is 0 Å². The van der Waals surface area contributed by atoms with Gasteiger partial charge in [-0.25, -0.2) is 0 Å². The van der Waals surface area contributed by atoms with Gasteiger partial charge in [-0.2, -0.15) is 0 Å². The first-order chi connectivity index (χ1) is 6.29. The molecule has 0 heterocycles. The van der Waals surface area contributed by atoms with Crippen molar-refractivity contribution in [1.82, 2.24) is 0 Å². The van der Waals surface area contributed by atoms with Crippen LogP contribution < -0.4 is 5.73 Å². The summed E-state index contributed by atoms with van der Waals surface area (Å²) in [6.07, 6.45) is 2.11. The highest BCUT2D eigenvalue weighted by Crippen LogP contribution is 2.24. The molecule has 3 unspecified atom stereocenters. The van der Waals surface area contributed by atoms with Crippen LogP contribution in [-0.4, -0.2) is 45.7 Å². The zero-order valence-corrected chi connectivity index (χ0v) is 8.36. The van der Waals surface area contributed by atoms with Crippen molar-refractivity contribution in [3.05, 3.63) is 0 Å². The third-order valence-corrected chi connectivity index (χ3v) is 2.39. The Bertz CT molecular complexity index is 143. The van der Waals surface area contributed by atoms with E-state index in [2.05, 4.69) is 0 Å². The third-order valence-electron chi connectivity index (χ3n) is 2.39. The minimum absolute atomic E-state index is 0.0857. The summed E-state index contributed by atoms with van der Waals surface area (Å²) in [5.41, 5.74) is 5.72. The average molecular weight is 189 g/mol. The maximum Gasteiger partial charge on any atom is 0.0984 e. The largest absolute Gasteiger partial charge is 0.385 e.